The summed E-state index contributed by atoms with van der Waals surface area (Å²) < 4.78 is 5.60. The first kappa shape index (κ1) is 23.1. The number of hydrogen-bond acceptors (Lipinski definition) is 4. The fourth-order valence-electron chi connectivity index (χ4n) is 7.59. The summed E-state index contributed by atoms with van der Waals surface area (Å²) >= 11 is 0. The highest BCUT2D eigenvalue weighted by Gasteiger charge is 2.58. The zero-order valence-electron chi connectivity index (χ0n) is 20.4. The summed E-state index contributed by atoms with van der Waals surface area (Å²) in [5.41, 5.74) is 12.3. The van der Waals surface area contributed by atoms with E-state index in [0.717, 1.165) is 44.2 Å². The molecule has 0 unspecified atom stereocenters. The maximum atomic E-state index is 13.3. The molecule has 2 saturated carbocycles. The van der Waals surface area contributed by atoms with E-state index in [0.29, 0.717) is 24.9 Å². The van der Waals surface area contributed by atoms with Crippen molar-refractivity contribution in [1.82, 2.24) is 0 Å². The predicted octanol–water partition coefficient (Wildman–Crippen LogP) is 5.39. The summed E-state index contributed by atoms with van der Waals surface area (Å²) in [6.45, 7) is 4.62. The molecule has 4 aliphatic carbocycles. The molecule has 0 bridgehead atoms. The van der Waals surface area contributed by atoms with Gasteiger partial charge in [-0.1, -0.05) is 30.6 Å². The first-order chi connectivity index (χ1) is 16.4. The SMILES string of the molecule is CC#CCOCC(=O)[C@H]1CC[C@H]2[C@@H]3CCC4=CC(=O)CCC4=C3[C@@H](c3ccc(N)cc3)C[C@]12C. The highest BCUT2D eigenvalue weighted by Crippen LogP contribution is 2.65. The zero-order valence-corrected chi connectivity index (χ0v) is 20.4. The molecule has 2 fully saturated rings. The third-order valence-corrected chi connectivity index (χ3v) is 9.05. The molecule has 0 heterocycles. The summed E-state index contributed by atoms with van der Waals surface area (Å²) in [5.74, 6) is 7.48. The number of Topliss-reactive ketones (excluding diaryl/α,β-unsaturated/α-hetero) is 1. The van der Waals surface area contributed by atoms with Gasteiger partial charge in [0.1, 0.15) is 13.2 Å². The Bertz CT molecular complexity index is 1120. The Hall–Kier alpha value is -2.64. The molecule has 0 aromatic heterocycles. The van der Waals surface area contributed by atoms with Gasteiger partial charge < -0.3 is 10.5 Å². The maximum Gasteiger partial charge on any atom is 0.162 e. The molecular weight excluding hydrogens is 422 g/mol. The molecule has 0 amide bonds. The monoisotopic (exact) mass is 457 g/mol. The summed E-state index contributed by atoms with van der Waals surface area (Å²) in [7, 11) is 0. The van der Waals surface area contributed by atoms with Crippen LogP contribution in [-0.4, -0.2) is 24.8 Å². The van der Waals surface area contributed by atoms with E-state index >= 15 is 0 Å². The Morgan fingerprint density at radius 1 is 1.15 bits per heavy atom. The van der Waals surface area contributed by atoms with Crippen molar-refractivity contribution in [2.75, 3.05) is 18.9 Å². The van der Waals surface area contributed by atoms with Gasteiger partial charge in [-0.3, -0.25) is 9.59 Å². The van der Waals surface area contributed by atoms with Crippen LogP contribution in [0.4, 0.5) is 5.69 Å². The Kier molecular flexibility index (Phi) is 6.25. The summed E-state index contributed by atoms with van der Waals surface area (Å²) in [5, 5.41) is 0. The number of fused-ring (bicyclic) bond motifs is 4. The van der Waals surface area contributed by atoms with Crippen LogP contribution in [0.1, 0.15) is 70.3 Å². The van der Waals surface area contributed by atoms with Crippen LogP contribution in [0.5, 0.6) is 0 Å². The van der Waals surface area contributed by atoms with Crippen LogP contribution in [0.2, 0.25) is 0 Å². The molecule has 4 aliphatic rings. The van der Waals surface area contributed by atoms with E-state index in [1.54, 1.807) is 12.5 Å². The average molecular weight is 458 g/mol. The van der Waals surface area contributed by atoms with Gasteiger partial charge in [-0.15, -0.1) is 5.92 Å². The van der Waals surface area contributed by atoms with E-state index < -0.39 is 0 Å². The first-order valence-corrected chi connectivity index (χ1v) is 12.7. The van der Waals surface area contributed by atoms with Crippen molar-refractivity contribution in [1.29, 1.82) is 0 Å². The van der Waals surface area contributed by atoms with Crippen LogP contribution >= 0.6 is 0 Å². The van der Waals surface area contributed by atoms with E-state index in [2.05, 4.69) is 30.9 Å². The van der Waals surface area contributed by atoms with Crippen molar-refractivity contribution in [2.45, 2.75) is 64.7 Å². The van der Waals surface area contributed by atoms with Crippen molar-refractivity contribution >= 4 is 17.3 Å². The van der Waals surface area contributed by atoms with E-state index in [1.165, 1.54) is 16.7 Å². The molecule has 5 atom stereocenters. The Balaban J connectivity index is 1.53. The highest BCUT2D eigenvalue weighted by atomic mass is 16.5. The topological polar surface area (TPSA) is 69.4 Å². The number of carbonyl (C=O) groups excluding carboxylic acids is 2. The number of ether oxygens (including phenoxy) is 1. The van der Waals surface area contributed by atoms with Crippen LogP contribution < -0.4 is 5.73 Å². The van der Waals surface area contributed by atoms with Gasteiger partial charge in [0.15, 0.2) is 11.6 Å². The molecule has 34 heavy (non-hydrogen) atoms. The van der Waals surface area contributed by atoms with Gasteiger partial charge in [0, 0.05) is 23.9 Å². The molecule has 4 nitrogen and oxygen atoms in total. The third-order valence-electron chi connectivity index (χ3n) is 9.05. The smallest absolute Gasteiger partial charge is 0.162 e. The van der Waals surface area contributed by atoms with Crippen molar-refractivity contribution in [3.05, 3.63) is 52.6 Å². The van der Waals surface area contributed by atoms with E-state index in [-0.39, 0.29) is 35.4 Å². The quantitative estimate of drug-likeness (QED) is 0.365. The van der Waals surface area contributed by atoms with Crippen LogP contribution in [0, 0.1) is 35.0 Å². The molecule has 0 saturated heterocycles. The number of rotatable bonds is 5. The van der Waals surface area contributed by atoms with Crippen LogP contribution in [-0.2, 0) is 14.3 Å². The summed E-state index contributed by atoms with van der Waals surface area (Å²) in [6, 6.07) is 8.32. The molecule has 0 spiro atoms. The second-order valence-electron chi connectivity index (χ2n) is 10.8. The number of nitrogen functional groups attached to an aromatic ring is 1. The lowest BCUT2D eigenvalue weighted by Gasteiger charge is -2.52. The summed E-state index contributed by atoms with van der Waals surface area (Å²) in [6.07, 6.45) is 8.44. The lowest BCUT2D eigenvalue weighted by atomic mass is 9.51. The van der Waals surface area contributed by atoms with Crippen molar-refractivity contribution in [3.8, 4) is 11.8 Å². The molecular formula is C30H35NO3. The van der Waals surface area contributed by atoms with E-state index in [9.17, 15) is 9.59 Å². The Morgan fingerprint density at radius 2 is 1.94 bits per heavy atom. The molecule has 0 radical (unpaired) electrons. The van der Waals surface area contributed by atoms with Gasteiger partial charge in [0.05, 0.1) is 0 Å². The number of allylic oxidation sites excluding steroid dienone is 4. The maximum absolute atomic E-state index is 13.3. The van der Waals surface area contributed by atoms with Gasteiger partial charge in [-0.2, -0.15) is 0 Å². The van der Waals surface area contributed by atoms with E-state index in [4.69, 9.17) is 10.5 Å². The molecule has 0 aliphatic heterocycles. The molecule has 178 valence electrons. The van der Waals surface area contributed by atoms with Crippen LogP contribution in [0.25, 0.3) is 0 Å². The second kappa shape index (κ2) is 9.19. The standard InChI is InChI=1S/C30H35NO3/c1-3-4-15-34-18-28(33)27-14-13-26-24-11-7-20-16-22(32)10-12-23(20)29(24)25(17-30(26,27)2)19-5-8-21(31)9-6-19/h5-6,8-9,16,24-27H,7,10-15,17-18,31H2,1-2H3/t24-,25+,26-,27+,30-/m0/s1. The minimum atomic E-state index is -0.0522. The lowest BCUT2D eigenvalue weighted by Crippen LogP contribution is -2.45. The zero-order chi connectivity index (χ0) is 23.9. The highest BCUT2D eigenvalue weighted by molar-refractivity contribution is 5.93. The number of anilines is 1. The lowest BCUT2D eigenvalue weighted by molar-refractivity contribution is -0.131. The molecule has 1 aromatic carbocycles. The number of ketones is 2. The first-order valence-electron chi connectivity index (χ1n) is 12.7. The third kappa shape index (κ3) is 3.95. The van der Waals surface area contributed by atoms with Gasteiger partial charge >= 0.3 is 0 Å². The minimum Gasteiger partial charge on any atom is -0.399 e. The number of carbonyl (C=O) groups is 2. The van der Waals surface area contributed by atoms with Gasteiger partial charge in [0.2, 0.25) is 0 Å². The summed E-state index contributed by atoms with van der Waals surface area (Å²) in [4.78, 5) is 25.5. The number of benzene rings is 1. The van der Waals surface area contributed by atoms with Gasteiger partial charge in [-0.05, 0) is 97.6 Å². The second-order valence-corrected chi connectivity index (χ2v) is 10.8. The van der Waals surface area contributed by atoms with Crippen molar-refractivity contribution in [3.63, 3.8) is 0 Å². The largest absolute Gasteiger partial charge is 0.399 e. The van der Waals surface area contributed by atoms with Crippen LogP contribution in [0.3, 0.4) is 0 Å². The minimum absolute atomic E-state index is 0.0276. The number of nitrogens with two attached hydrogens (primary N) is 1. The average Bonchev–Trinajstić information content (AvgIpc) is 3.18. The van der Waals surface area contributed by atoms with Gasteiger partial charge in [0.25, 0.3) is 0 Å². The van der Waals surface area contributed by atoms with Crippen molar-refractivity contribution in [2.24, 2.45) is 23.2 Å². The molecule has 2 N–H and O–H groups in total. The van der Waals surface area contributed by atoms with E-state index in [1.807, 2.05) is 18.2 Å². The van der Waals surface area contributed by atoms with Gasteiger partial charge in [-0.25, -0.2) is 0 Å². The Labute approximate surface area is 203 Å². The molecule has 4 heteroatoms. The van der Waals surface area contributed by atoms with Crippen molar-refractivity contribution < 1.29 is 14.3 Å². The Morgan fingerprint density at radius 3 is 2.71 bits per heavy atom. The predicted molar refractivity (Wildman–Crippen MR) is 134 cm³/mol. The normalized spacial score (nSPS) is 32.2. The fourth-order valence-corrected chi connectivity index (χ4v) is 7.59. The fraction of sp³-hybridized carbons (Fsp3) is 0.533. The number of hydrogen-bond donors (Lipinski definition) is 1. The molecule has 1 aromatic rings. The van der Waals surface area contributed by atoms with Crippen LogP contribution in [0.15, 0.2) is 47.1 Å². The molecule has 5 rings (SSSR count).